The van der Waals surface area contributed by atoms with E-state index >= 15 is 0 Å². The molecule has 18 heavy (non-hydrogen) atoms. The van der Waals surface area contributed by atoms with Crippen LogP contribution in [0.2, 0.25) is 0 Å². The predicted octanol–water partition coefficient (Wildman–Crippen LogP) is 2.31. The van der Waals surface area contributed by atoms with Gasteiger partial charge in [0, 0.05) is 23.5 Å². The van der Waals surface area contributed by atoms with Gasteiger partial charge in [0.1, 0.15) is 17.0 Å². The first kappa shape index (κ1) is 12.6. The van der Waals surface area contributed by atoms with E-state index in [2.05, 4.69) is 11.9 Å². The molecular weight excluding hydrogens is 228 g/mol. The molecule has 0 aliphatic carbocycles. The number of aromatic nitrogens is 1. The highest BCUT2D eigenvalue weighted by molar-refractivity contribution is 5.90. The number of hydrogen-bond donors (Lipinski definition) is 1. The summed E-state index contributed by atoms with van der Waals surface area (Å²) >= 11 is 0. The number of fused-ring (bicyclic) bond motifs is 1. The molecule has 0 radical (unpaired) electrons. The topological polar surface area (TPSA) is 57.4 Å². The van der Waals surface area contributed by atoms with Gasteiger partial charge in [-0.05, 0) is 24.3 Å². The lowest BCUT2D eigenvalue weighted by atomic mass is 10.1. The summed E-state index contributed by atoms with van der Waals surface area (Å²) < 4.78 is 10.7. The predicted molar refractivity (Wildman–Crippen MR) is 72.3 cm³/mol. The van der Waals surface area contributed by atoms with Crippen LogP contribution in [-0.4, -0.2) is 25.7 Å². The Morgan fingerprint density at radius 2 is 1.78 bits per heavy atom. The zero-order chi connectivity index (χ0) is 13.1. The van der Waals surface area contributed by atoms with Crippen molar-refractivity contribution in [2.45, 2.75) is 12.8 Å². The SMILES string of the molecule is COc1ccc(OC)c2nc(C(C)CN)ccc12. The third-order valence-corrected chi connectivity index (χ3v) is 3.10. The number of rotatable bonds is 4. The second kappa shape index (κ2) is 5.23. The minimum Gasteiger partial charge on any atom is -0.496 e. The molecule has 1 atom stereocenters. The van der Waals surface area contributed by atoms with Crippen molar-refractivity contribution in [3.05, 3.63) is 30.0 Å². The van der Waals surface area contributed by atoms with Crippen LogP contribution < -0.4 is 15.2 Å². The van der Waals surface area contributed by atoms with E-state index < -0.39 is 0 Å². The molecule has 0 bridgehead atoms. The van der Waals surface area contributed by atoms with Gasteiger partial charge in [-0.2, -0.15) is 0 Å². The Kier molecular flexibility index (Phi) is 3.67. The summed E-state index contributed by atoms with van der Waals surface area (Å²) in [5.74, 6) is 1.77. The van der Waals surface area contributed by atoms with Crippen LogP contribution in [0.3, 0.4) is 0 Å². The molecule has 4 heteroatoms. The van der Waals surface area contributed by atoms with Crippen LogP contribution in [-0.2, 0) is 0 Å². The smallest absolute Gasteiger partial charge is 0.145 e. The van der Waals surface area contributed by atoms with E-state index in [1.807, 2.05) is 24.3 Å². The number of pyridine rings is 1. The molecular formula is C14H18N2O2. The summed E-state index contributed by atoms with van der Waals surface area (Å²) in [5.41, 5.74) is 7.46. The van der Waals surface area contributed by atoms with Crippen molar-refractivity contribution in [1.29, 1.82) is 0 Å². The molecule has 0 amide bonds. The average Bonchev–Trinajstić information content (AvgIpc) is 2.44. The largest absolute Gasteiger partial charge is 0.496 e. The second-order valence-corrected chi connectivity index (χ2v) is 4.24. The van der Waals surface area contributed by atoms with Crippen molar-refractivity contribution < 1.29 is 9.47 Å². The molecule has 0 saturated carbocycles. The maximum Gasteiger partial charge on any atom is 0.145 e. The summed E-state index contributed by atoms with van der Waals surface area (Å²) in [6, 6.07) is 7.74. The number of ether oxygens (including phenoxy) is 2. The number of methoxy groups -OCH3 is 2. The Labute approximate surface area is 107 Å². The van der Waals surface area contributed by atoms with E-state index in [-0.39, 0.29) is 5.92 Å². The molecule has 0 spiro atoms. The van der Waals surface area contributed by atoms with Gasteiger partial charge < -0.3 is 15.2 Å². The van der Waals surface area contributed by atoms with E-state index in [4.69, 9.17) is 15.2 Å². The van der Waals surface area contributed by atoms with Gasteiger partial charge in [0.05, 0.1) is 14.2 Å². The van der Waals surface area contributed by atoms with Crippen LogP contribution in [0.25, 0.3) is 10.9 Å². The minimum absolute atomic E-state index is 0.227. The summed E-state index contributed by atoms with van der Waals surface area (Å²) in [5, 5.41) is 0.949. The third-order valence-electron chi connectivity index (χ3n) is 3.10. The average molecular weight is 246 g/mol. The van der Waals surface area contributed by atoms with Crippen molar-refractivity contribution in [3.8, 4) is 11.5 Å². The highest BCUT2D eigenvalue weighted by Gasteiger charge is 2.11. The molecule has 0 saturated heterocycles. The molecule has 1 aromatic carbocycles. The third kappa shape index (κ3) is 2.11. The van der Waals surface area contributed by atoms with Gasteiger partial charge in [0.25, 0.3) is 0 Å². The van der Waals surface area contributed by atoms with E-state index in [9.17, 15) is 0 Å². The summed E-state index contributed by atoms with van der Waals surface area (Å²) in [6.07, 6.45) is 0. The lowest BCUT2D eigenvalue weighted by Gasteiger charge is -2.12. The number of hydrogen-bond acceptors (Lipinski definition) is 4. The standard InChI is InChI=1S/C14H18N2O2/c1-9(8-15)11-5-4-10-12(17-2)6-7-13(18-3)14(10)16-11/h4-7,9H,8,15H2,1-3H3. The van der Waals surface area contributed by atoms with Crippen molar-refractivity contribution in [3.63, 3.8) is 0 Å². The van der Waals surface area contributed by atoms with Gasteiger partial charge in [0.15, 0.2) is 0 Å². The number of benzene rings is 1. The molecule has 2 rings (SSSR count). The maximum absolute atomic E-state index is 5.68. The zero-order valence-corrected chi connectivity index (χ0v) is 10.9. The van der Waals surface area contributed by atoms with Crippen molar-refractivity contribution in [2.75, 3.05) is 20.8 Å². The van der Waals surface area contributed by atoms with Crippen LogP contribution >= 0.6 is 0 Å². The maximum atomic E-state index is 5.68. The first-order valence-electron chi connectivity index (χ1n) is 5.93. The lowest BCUT2D eigenvalue weighted by Crippen LogP contribution is -2.10. The lowest BCUT2D eigenvalue weighted by molar-refractivity contribution is 0.409. The Balaban J connectivity index is 2.66. The Hall–Kier alpha value is -1.81. The summed E-state index contributed by atoms with van der Waals surface area (Å²) in [7, 11) is 3.29. The fourth-order valence-electron chi connectivity index (χ4n) is 1.92. The second-order valence-electron chi connectivity index (χ2n) is 4.24. The van der Waals surface area contributed by atoms with Crippen molar-refractivity contribution >= 4 is 10.9 Å². The van der Waals surface area contributed by atoms with E-state index in [1.165, 1.54) is 0 Å². The molecule has 2 aromatic rings. The molecule has 96 valence electrons. The molecule has 4 nitrogen and oxygen atoms in total. The molecule has 0 aliphatic rings. The Morgan fingerprint density at radius 3 is 2.39 bits per heavy atom. The van der Waals surface area contributed by atoms with E-state index in [0.29, 0.717) is 6.54 Å². The van der Waals surface area contributed by atoms with Gasteiger partial charge in [-0.1, -0.05) is 6.92 Å². The van der Waals surface area contributed by atoms with E-state index in [1.54, 1.807) is 14.2 Å². The molecule has 1 aromatic heterocycles. The molecule has 0 fully saturated rings. The minimum atomic E-state index is 0.227. The van der Waals surface area contributed by atoms with Gasteiger partial charge in [-0.25, -0.2) is 4.98 Å². The van der Waals surface area contributed by atoms with Gasteiger partial charge in [0.2, 0.25) is 0 Å². The van der Waals surface area contributed by atoms with Crippen molar-refractivity contribution in [2.24, 2.45) is 5.73 Å². The van der Waals surface area contributed by atoms with Crippen LogP contribution in [0, 0.1) is 0 Å². The number of nitrogens with zero attached hydrogens (tertiary/aromatic N) is 1. The first-order valence-corrected chi connectivity index (χ1v) is 5.93. The summed E-state index contributed by atoms with van der Waals surface area (Å²) in [4.78, 5) is 4.64. The quantitative estimate of drug-likeness (QED) is 0.899. The monoisotopic (exact) mass is 246 g/mol. The number of nitrogens with two attached hydrogens (primary N) is 1. The van der Waals surface area contributed by atoms with Crippen LogP contribution in [0.5, 0.6) is 11.5 Å². The van der Waals surface area contributed by atoms with Crippen LogP contribution in [0.4, 0.5) is 0 Å². The highest BCUT2D eigenvalue weighted by Crippen LogP contribution is 2.32. The first-order chi connectivity index (χ1) is 8.71. The summed E-state index contributed by atoms with van der Waals surface area (Å²) in [6.45, 7) is 2.63. The fraction of sp³-hybridized carbons (Fsp3) is 0.357. The normalized spacial score (nSPS) is 12.4. The van der Waals surface area contributed by atoms with Crippen LogP contribution in [0.15, 0.2) is 24.3 Å². The Morgan fingerprint density at radius 1 is 1.11 bits per heavy atom. The molecule has 1 unspecified atom stereocenters. The molecule has 0 aliphatic heterocycles. The zero-order valence-electron chi connectivity index (χ0n) is 10.9. The van der Waals surface area contributed by atoms with Crippen LogP contribution in [0.1, 0.15) is 18.5 Å². The Bertz CT molecular complexity index is 555. The van der Waals surface area contributed by atoms with E-state index in [0.717, 1.165) is 28.1 Å². The van der Waals surface area contributed by atoms with Gasteiger partial charge >= 0.3 is 0 Å². The highest BCUT2D eigenvalue weighted by atomic mass is 16.5. The molecule has 1 heterocycles. The van der Waals surface area contributed by atoms with Gasteiger partial charge in [-0.15, -0.1) is 0 Å². The van der Waals surface area contributed by atoms with Crippen molar-refractivity contribution in [1.82, 2.24) is 4.98 Å². The fourth-order valence-corrected chi connectivity index (χ4v) is 1.92. The molecule has 2 N–H and O–H groups in total. The van der Waals surface area contributed by atoms with Gasteiger partial charge in [-0.3, -0.25) is 0 Å².